The fourth-order valence-corrected chi connectivity index (χ4v) is 4.27. The molecular formula is C23H28N4O4. The van der Waals surface area contributed by atoms with Crippen LogP contribution in [0.15, 0.2) is 35.1 Å². The van der Waals surface area contributed by atoms with E-state index in [9.17, 15) is 9.59 Å². The lowest BCUT2D eigenvalue weighted by Gasteiger charge is -2.30. The number of carbonyl (C=O) groups is 2. The first-order chi connectivity index (χ1) is 14.9. The van der Waals surface area contributed by atoms with E-state index in [0.717, 1.165) is 46.5 Å². The van der Waals surface area contributed by atoms with Gasteiger partial charge < -0.3 is 24.4 Å². The van der Waals surface area contributed by atoms with E-state index < -0.39 is 12.1 Å². The molecule has 3 aromatic rings. The van der Waals surface area contributed by atoms with Gasteiger partial charge in [-0.3, -0.25) is 4.79 Å². The average Bonchev–Trinajstić information content (AvgIpc) is 3.51. The van der Waals surface area contributed by atoms with Gasteiger partial charge in [0.15, 0.2) is 0 Å². The number of nitrogens with one attached hydrogen (secondary N) is 2. The minimum absolute atomic E-state index is 0.0676. The van der Waals surface area contributed by atoms with Crippen molar-refractivity contribution >= 4 is 23.0 Å². The molecule has 1 aliphatic heterocycles. The normalized spacial score (nSPS) is 17.3. The number of carbonyl (C=O) groups excluding carboxylic acids is 2. The van der Waals surface area contributed by atoms with Gasteiger partial charge in [-0.15, -0.1) is 0 Å². The van der Waals surface area contributed by atoms with Crippen LogP contribution in [0.3, 0.4) is 0 Å². The van der Waals surface area contributed by atoms with Crippen LogP contribution in [0.5, 0.6) is 0 Å². The number of hydrogen-bond donors (Lipinski definition) is 2. The van der Waals surface area contributed by atoms with Crippen LogP contribution < -0.4 is 5.32 Å². The second-order valence-corrected chi connectivity index (χ2v) is 8.32. The van der Waals surface area contributed by atoms with Crippen molar-refractivity contribution in [2.75, 3.05) is 13.7 Å². The summed E-state index contributed by atoms with van der Waals surface area (Å²) < 4.78 is 10.3. The number of rotatable bonds is 5. The highest BCUT2D eigenvalue weighted by molar-refractivity contribution is 5.94. The Morgan fingerprint density at radius 2 is 2.13 bits per heavy atom. The number of H-pyrrole nitrogens is 1. The Bertz CT molecular complexity index is 1100. The third-order valence-corrected chi connectivity index (χ3v) is 5.94. The van der Waals surface area contributed by atoms with E-state index in [1.54, 1.807) is 12.5 Å². The van der Waals surface area contributed by atoms with Gasteiger partial charge in [0, 0.05) is 17.5 Å². The van der Waals surface area contributed by atoms with Crippen molar-refractivity contribution in [3.63, 3.8) is 0 Å². The van der Waals surface area contributed by atoms with Crippen molar-refractivity contribution in [3.8, 4) is 11.3 Å². The van der Waals surface area contributed by atoms with Gasteiger partial charge in [0.25, 0.3) is 0 Å². The Hall–Kier alpha value is -3.29. The van der Waals surface area contributed by atoms with Crippen molar-refractivity contribution < 1.29 is 18.7 Å². The standard InChI is InChI=1S/C23H28N4O4/c1-13(2)19(26-23(29)30-4)22(28)27-10-5-6-18(27)21-24-12-17(25-21)15-8-7-14(3)20-16(15)9-11-31-20/h7-9,11-13,18-19H,5-6,10H2,1-4H3,(H,24,25)(H,26,29)/t18-,19-/m0/s1. The van der Waals surface area contributed by atoms with Gasteiger partial charge in [-0.25, -0.2) is 9.78 Å². The van der Waals surface area contributed by atoms with E-state index in [4.69, 9.17) is 9.15 Å². The maximum Gasteiger partial charge on any atom is 0.407 e. The summed E-state index contributed by atoms with van der Waals surface area (Å²) in [5, 5.41) is 3.70. The van der Waals surface area contributed by atoms with Gasteiger partial charge in [-0.05, 0) is 37.3 Å². The number of furan rings is 1. The summed E-state index contributed by atoms with van der Waals surface area (Å²) in [5.74, 6) is 0.564. The van der Waals surface area contributed by atoms with E-state index >= 15 is 0 Å². The van der Waals surface area contributed by atoms with Gasteiger partial charge in [0.2, 0.25) is 5.91 Å². The molecule has 0 unspecified atom stereocenters. The molecule has 1 aliphatic rings. The van der Waals surface area contributed by atoms with Gasteiger partial charge in [-0.1, -0.05) is 26.0 Å². The van der Waals surface area contributed by atoms with Gasteiger partial charge >= 0.3 is 6.09 Å². The molecule has 4 rings (SSSR count). The molecule has 0 bridgehead atoms. The molecule has 1 aromatic carbocycles. The number of alkyl carbamates (subject to hydrolysis) is 1. The number of benzene rings is 1. The first kappa shape index (κ1) is 21.0. The lowest BCUT2D eigenvalue weighted by atomic mass is 10.0. The Balaban J connectivity index is 1.60. The quantitative estimate of drug-likeness (QED) is 0.640. The fourth-order valence-electron chi connectivity index (χ4n) is 4.27. The predicted octanol–water partition coefficient (Wildman–Crippen LogP) is 4.18. The molecule has 3 heterocycles. The minimum atomic E-state index is -0.648. The van der Waals surface area contributed by atoms with Crippen molar-refractivity contribution in [3.05, 3.63) is 42.0 Å². The highest BCUT2D eigenvalue weighted by Crippen LogP contribution is 2.35. The maximum absolute atomic E-state index is 13.3. The molecule has 1 saturated heterocycles. The van der Waals surface area contributed by atoms with Crippen LogP contribution in [0.1, 0.15) is 44.1 Å². The SMILES string of the molecule is COC(=O)N[C@H](C(=O)N1CCC[C@H]1c1ncc(-c2ccc(C)c3occc23)[nH]1)C(C)C. The summed E-state index contributed by atoms with van der Waals surface area (Å²) in [6, 6.07) is 5.22. The van der Waals surface area contributed by atoms with Crippen molar-refractivity contribution in [2.24, 2.45) is 5.92 Å². The smallest absolute Gasteiger partial charge is 0.407 e. The highest BCUT2D eigenvalue weighted by Gasteiger charge is 2.37. The van der Waals surface area contributed by atoms with Gasteiger partial charge in [0.05, 0.1) is 31.3 Å². The number of likely N-dealkylation sites (tertiary alicyclic amines) is 1. The molecule has 2 aromatic heterocycles. The van der Waals surface area contributed by atoms with Crippen LogP contribution >= 0.6 is 0 Å². The van der Waals surface area contributed by atoms with Crippen LogP contribution in [0.25, 0.3) is 22.2 Å². The van der Waals surface area contributed by atoms with Crippen molar-refractivity contribution in [1.29, 1.82) is 0 Å². The summed E-state index contributed by atoms with van der Waals surface area (Å²) in [5.41, 5.74) is 3.83. The third-order valence-electron chi connectivity index (χ3n) is 5.94. The van der Waals surface area contributed by atoms with Gasteiger partial charge in [0.1, 0.15) is 17.4 Å². The monoisotopic (exact) mass is 424 g/mol. The number of hydrogen-bond acceptors (Lipinski definition) is 5. The lowest BCUT2D eigenvalue weighted by Crippen LogP contribution is -2.51. The Labute approximate surface area is 181 Å². The molecule has 2 N–H and O–H groups in total. The number of ether oxygens (including phenoxy) is 1. The number of aromatic amines is 1. The van der Waals surface area contributed by atoms with E-state index in [1.165, 1.54) is 7.11 Å². The van der Waals surface area contributed by atoms with Crippen molar-refractivity contribution in [2.45, 2.75) is 45.7 Å². The number of aryl methyl sites for hydroxylation is 1. The Morgan fingerprint density at radius 1 is 1.32 bits per heavy atom. The number of nitrogens with zero attached hydrogens (tertiary/aromatic N) is 2. The number of methoxy groups -OCH3 is 1. The Morgan fingerprint density at radius 3 is 2.87 bits per heavy atom. The van der Waals surface area contributed by atoms with Gasteiger partial charge in [-0.2, -0.15) is 0 Å². The summed E-state index contributed by atoms with van der Waals surface area (Å²) in [6.45, 7) is 6.45. The zero-order chi connectivity index (χ0) is 22.1. The van der Waals surface area contributed by atoms with Crippen LogP contribution in [0.2, 0.25) is 0 Å². The first-order valence-electron chi connectivity index (χ1n) is 10.6. The zero-order valence-electron chi connectivity index (χ0n) is 18.3. The molecule has 8 nitrogen and oxygen atoms in total. The summed E-state index contributed by atoms with van der Waals surface area (Å²) in [4.78, 5) is 34.9. The maximum atomic E-state index is 13.3. The topological polar surface area (TPSA) is 100 Å². The largest absolute Gasteiger partial charge is 0.464 e. The number of amides is 2. The molecule has 2 atom stereocenters. The summed E-state index contributed by atoms with van der Waals surface area (Å²) in [6.07, 6.45) is 4.59. The van der Waals surface area contributed by atoms with Crippen molar-refractivity contribution in [1.82, 2.24) is 20.2 Å². The zero-order valence-corrected chi connectivity index (χ0v) is 18.3. The van der Waals surface area contributed by atoms with E-state index in [2.05, 4.69) is 21.4 Å². The van der Waals surface area contributed by atoms with E-state index in [1.807, 2.05) is 37.8 Å². The molecule has 8 heteroatoms. The lowest BCUT2D eigenvalue weighted by molar-refractivity contribution is -0.135. The molecule has 31 heavy (non-hydrogen) atoms. The summed E-state index contributed by atoms with van der Waals surface area (Å²) in [7, 11) is 1.29. The second-order valence-electron chi connectivity index (χ2n) is 8.32. The molecule has 0 spiro atoms. The van der Waals surface area contributed by atoms with Crippen LogP contribution in [-0.2, 0) is 9.53 Å². The number of imidazole rings is 1. The van der Waals surface area contributed by atoms with Crippen LogP contribution in [-0.4, -0.2) is 46.6 Å². The van der Waals surface area contributed by atoms with E-state index in [0.29, 0.717) is 6.54 Å². The summed E-state index contributed by atoms with van der Waals surface area (Å²) >= 11 is 0. The van der Waals surface area contributed by atoms with Crippen LogP contribution in [0.4, 0.5) is 4.79 Å². The fraction of sp³-hybridized carbons (Fsp3) is 0.435. The Kier molecular flexibility index (Phi) is 5.71. The molecular weight excluding hydrogens is 396 g/mol. The first-order valence-corrected chi connectivity index (χ1v) is 10.6. The van der Waals surface area contributed by atoms with Crippen LogP contribution in [0, 0.1) is 12.8 Å². The molecule has 0 saturated carbocycles. The molecule has 0 aliphatic carbocycles. The average molecular weight is 425 g/mol. The second kappa shape index (κ2) is 8.45. The molecule has 2 amide bonds. The predicted molar refractivity (Wildman–Crippen MR) is 116 cm³/mol. The number of aromatic nitrogens is 2. The molecule has 1 fully saturated rings. The molecule has 0 radical (unpaired) electrons. The highest BCUT2D eigenvalue weighted by atomic mass is 16.5. The number of fused-ring (bicyclic) bond motifs is 1. The minimum Gasteiger partial charge on any atom is -0.464 e. The third kappa shape index (κ3) is 3.89. The van der Waals surface area contributed by atoms with E-state index in [-0.39, 0.29) is 17.9 Å². The molecule has 164 valence electrons.